The van der Waals surface area contributed by atoms with E-state index in [-0.39, 0.29) is 25.2 Å². The molecule has 1 rings (SSSR count). The van der Waals surface area contributed by atoms with Gasteiger partial charge in [0.15, 0.2) is 5.60 Å². The summed E-state index contributed by atoms with van der Waals surface area (Å²) in [4.78, 5) is 23.5. The lowest BCUT2D eigenvalue weighted by atomic mass is 9.94. The fraction of sp³-hybridized carbons (Fsp3) is 0.500. The number of rotatable bonds is 6. The lowest BCUT2D eigenvalue weighted by molar-refractivity contribution is -0.165. The highest BCUT2D eigenvalue weighted by atomic mass is 16.5. The van der Waals surface area contributed by atoms with Crippen LogP contribution in [0.4, 0.5) is 0 Å². The second kappa shape index (κ2) is 6.66. The predicted molar refractivity (Wildman–Crippen MR) is 76.5 cm³/mol. The molecule has 0 spiro atoms. The molecule has 0 amide bonds. The zero-order chi connectivity index (χ0) is 15.3. The molecule has 0 bridgehead atoms. The second-order valence-electron chi connectivity index (χ2n) is 5.32. The molecule has 4 heteroatoms. The molecule has 1 aromatic carbocycles. The third-order valence-electron chi connectivity index (χ3n) is 3.14. The SMILES string of the molecule is CCOC(=O)C(C)(O)CC(=O)Cc1ccc(C)cc1C. The topological polar surface area (TPSA) is 63.6 Å². The van der Waals surface area contributed by atoms with E-state index in [1.54, 1.807) is 6.92 Å². The van der Waals surface area contributed by atoms with Gasteiger partial charge in [-0.1, -0.05) is 23.8 Å². The Kier molecular flexibility index (Phi) is 5.45. The summed E-state index contributed by atoms with van der Waals surface area (Å²) in [7, 11) is 0. The van der Waals surface area contributed by atoms with E-state index in [0.29, 0.717) is 0 Å². The minimum atomic E-state index is -1.76. The van der Waals surface area contributed by atoms with Crippen LogP contribution >= 0.6 is 0 Å². The summed E-state index contributed by atoms with van der Waals surface area (Å²) in [6.07, 6.45) is -0.0270. The van der Waals surface area contributed by atoms with Crippen LogP contribution in [-0.2, 0) is 20.7 Å². The van der Waals surface area contributed by atoms with Crippen molar-refractivity contribution in [2.45, 2.75) is 46.1 Å². The summed E-state index contributed by atoms with van der Waals surface area (Å²) in [5.41, 5.74) is 1.33. The molecule has 0 fully saturated rings. The van der Waals surface area contributed by atoms with Gasteiger partial charge in [-0.15, -0.1) is 0 Å². The average Bonchev–Trinajstić information content (AvgIpc) is 2.32. The molecule has 110 valence electrons. The molecule has 0 aliphatic rings. The summed E-state index contributed by atoms with van der Waals surface area (Å²) in [6.45, 7) is 7.08. The molecule has 1 N–H and O–H groups in total. The zero-order valence-corrected chi connectivity index (χ0v) is 12.5. The van der Waals surface area contributed by atoms with Gasteiger partial charge in [0, 0.05) is 12.8 Å². The normalized spacial score (nSPS) is 13.7. The molecule has 1 atom stereocenters. The van der Waals surface area contributed by atoms with Gasteiger partial charge in [-0.25, -0.2) is 4.79 Å². The summed E-state index contributed by atoms with van der Waals surface area (Å²) < 4.78 is 4.76. The maximum absolute atomic E-state index is 12.0. The lowest BCUT2D eigenvalue weighted by Gasteiger charge is -2.20. The molecule has 0 aliphatic carbocycles. The first-order valence-electron chi connectivity index (χ1n) is 6.73. The van der Waals surface area contributed by atoms with E-state index in [0.717, 1.165) is 16.7 Å². The van der Waals surface area contributed by atoms with Gasteiger partial charge in [-0.2, -0.15) is 0 Å². The zero-order valence-electron chi connectivity index (χ0n) is 12.5. The number of ketones is 1. The van der Waals surface area contributed by atoms with Gasteiger partial charge in [0.2, 0.25) is 0 Å². The van der Waals surface area contributed by atoms with Crippen molar-refractivity contribution in [1.29, 1.82) is 0 Å². The monoisotopic (exact) mass is 278 g/mol. The standard InChI is InChI=1S/C16H22O4/c1-5-20-15(18)16(4,19)10-14(17)9-13-7-6-11(2)8-12(13)3/h6-8,19H,5,9-10H2,1-4H3. The summed E-state index contributed by atoms with van der Waals surface area (Å²) in [5.74, 6) is -0.941. The number of carbonyl (C=O) groups excluding carboxylic acids is 2. The Morgan fingerprint density at radius 1 is 1.30 bits per heavy atom. The van der Waals surface area contributed by atoms with Gasteiger partial charge in [-0.05, 0) is 38.8 Å². The van der Waals surface area contributed by atoms with Gasteiger partial charge in [-0.3, -0.25) is 4.79 Å². The molecule has 0 heterocycles. The number of hydrogen-bond donors (Lipinski definition) is 1. The van der Waals surface area contributed by atoms with Gasteiger partial charge < -0.3 is 9.84 Å². The Hall–Kier alpha value is -1.68. The van der Waals surface area contributed by atoms with Gasteiger partial charge in [0.05, 0.1) is 6.61 Å². The van der Waals surface area contributed by atoms with E-state index in [1.807, 2.05) is 32.0 Å². The van der Waals surface area contributed by atoms with E-state index >= 15 is 0 Å². The van der Waals surface area contributed by atoms with Gasteiger partial charge in [0.25, 0.3) is 0 Å². The van der Waals surface area contributed by atoms with Crippen LogP contribution in [0.15, 0.2) is 18.2 Å². The van der Waals surface area contributed by atoms with Crippen molar-refractivity contribution >= 4 is 11.8 Å². The highest BCUT2D eigenvalue weighted by Gasteiger charge is 2.34. The summed E-state index contributed by atoms with van der Waals surface area (Å²) in [6, 6.07) is 5.85. The van der Waals surface area contributed by atoms with Crippen LogP contribution in [-0.4, -0.2) is 29.1 Å². The first-order chi connectivity index (χ1) is 9.26. The van der Waals surface area contributed by atoms with E-state index in [4.69, 9.17) is 4.74 Å². The number of ether oxygens (including phenoxy) is 1. The maximum atomic E-state index is 12.0. The number of aliphatic hydroxyl groups is 1. The number of Topliss-reactive ketones (excluding diaryl/α,β-unsaturated/α-hetero) is 1. The minimum absolute atomic E-state index is 0.181. The van der Waals surface area contributed by atoms with E-state index in [9.17, 15) is 14.7 Å². The molecule has 0 aromatic heterocycles. The van der Waals surface area contributed by atoms with Crippen LogP contribution in [0.3, 0.4) is 0 Å². The second-order valence-corrected chi connectivity index (χ2v) is 5.32. The van der Waals surface area contributed by atoms with Crippen molar-refractivity contribution in [3.8, 4) is 0 Å². The Morgan fingerprint density at radius 2 is 1.95 bits per heavy atom. The molecule has 1 unspecified atom stereocenters. The first-order valence-corrected chi connectivity index (χ1v) is 6.73. The number of hydrogen-bond acceptors (Lipinski definition) is 4. The van der Waals surface area contributed by atoms with E-state index in [2.05, 4.69) is 0 Å². The summed E-state index contributed by atoms with van der Waals surface area (Å²) >= 11 is 0. The fourth-order valence-electron chi connectivity index (χ4n) is 2.06. The Balaban J connectivity index is 2.70. The average molecular weight is 278 g/mol. The van der Waals surface area contributed by atoms with Crippen molar-refractivity contribution in [2.24, 2.45) is 0 Å². The van der Waals surface area contributed by atoms with Crippen molar-refractivity contribution in [3.63, 3.8) is 0 Å². The van der Waals surface area contributed by atoms with Gasteiger partial charge in [0.1, 0.15) is 5.78 Å². The van der Waals surface area contributed by atoms with Gasteiger partial charge >= 0.3 is 5.97 Å². The number of carbonyl (C=O) groups is 2. The third-order valence-corrected chi connectivity index (χ3v) is 3.14. The van der Waals surface area contributed by atoms with Crippen LogP contribution in [0.2, 0.25) is 0 Å². The van der Waals surface area contributed by atoms with Crippen molar-refractivity contribution in [1.82, 2.24) is 0 Å². The molecule has 0 aliphatic heterocycles. The highest BCUT2D eigenvalue weighted by Crippen LogP contribution is 2.17. The minimum Gasteiger partial charge on any atom is -0.464 e. The highest BCUT2D eigenvalue weighted by molar-refractivity contribution is 5.89. The Bertz CT molecular complexity index is 503. The molecule has 4 nitrogen and oxygen atoms in total. The van der Waals surface area contributed by atoms with Crippen LogP contribution in [0, 0.1) is 13.8 Å². The number of benzene rings is 1. The molecule has 0 saturated carbocycles. The molecule has 0 saturated heterocycles. The van der Waals surface area contributed by atoms with Crippen LogP contribution in [0.25, 0.3) is 0 Å². The van der Waals surface area contributed by atoms with Crippen LogP contribution < -0.4 is 0 Å². The van der Waals surface area contributed by atoms with Crippen LogP contribution in [0.5, 0.6) is 0 Å². The number of aryl methyl sites for hydroxylation is 2. The van der Waals surface area contributed by atoms with E-state index in [1.165, 1.54) is 6.92 Å². The lowest BCUT2D eigenvalue weighted by Crippen LogP contribution is -2.39. The maximum Gasteiger partial charge on any atom is 0.338 e. The quantitative estimate of drug-likeness (QED) is 0.810. The predicted octanol–water partition coefficient (Wildman–Crippen LogP) is 2.12. The van der Waals surface area contributed by atoms with Crippen molar-refractivity contribution < 1.29 is 19.4 Å². The number of esters is 1. The molecular formula is C16H22O4. The van der Waals surface area contributed by atoms with Crippen molar-refractivity contribution in [3.05, 3.63) is 34.9 Å². The molecule has 0 radical (unpaired) electrons. The summed E-state index contributed by atoms with van der Waals surface area (Å²) in [5, 5.41) is 9.98. The largest absolute Gasteiger partial charge is 0.464 e. The van der Waals surface area contributed by atoms with Crippen LogP contribution in [0.1, 0.15) is 37.0 Å². The third kappa shape index (κ3) is 4.46. The molecule has 20 heavy (non-hydrogen) atoms. The Labute approximate surface area is 119 Å². The van der Waals surface area contributed by atoms with Crippen molar-refractivity contribution in [2.75, 3.05) is 6.61 Å². The smallest absolute Gasteiger partial charge is 0.338 e. The fourth-order valence-corrected chi connectivity index (χ4v) is 2.06. The molecule has 1 aromatic rings. The Morgan fingerprint density at radius 3 is 2.50 bits per heavy atom. The molecular weight excluding hydrogens is 256 g/mol. The van der Waals surface area contributed by atoms with E-state index < -0.39 is 11.6 Å². The first kappa shape index (κ1) is 16.4.